The molecule has 24 heavy (non-hydrogen) atoms. The molecular formula is C17H17N3O3S. The lowest BCUT2D eigenvalue weighted by molar-refractivity contribution is 0.0599. The van der Waals surface area contributed by atoms with Crippen molar-refractivity contribution in [2.75, 3.05) is 7.11 Å². The number of esters is 1. The van der Waals surface area contributed by atoms with Gasteiger partial charge < -0.3 is 15.0 Å². The van der Waals surface area contributed by atoms with E-state index in [2.05, 4.69) is 15.3 Å². The smallest absolute Gasteiger partial charge is 0.339 e. The standard InChI is InChI=1S/C17H17N3O3S/c1-9-14(17(22)23-3)10(2)19-15(9)16(21)18-8-13-20-11-6-4-5-7-12(11)24-13/h4-7,19H,8H2,1-3H3,(H,18,21). The summed E-state index contributed by atoms with van der Waals surface area (Å²) in [5, 5.41) is 3.67. The van der Waals surface area contributed by atoms with Crippen LogP contribution >= 0.6 is 11.3 Å². The number of rotatable bonds is 4. The third-order valence-electron chi connectivity index (χ3n) is 3.79. The highest BCUT2D eigenvalue weighted by Crippen LogP contribution is 2.22. The fraction of sp³-hybridized carbons (Fsp3) is 0.235. The van der Waals surface area contributed by atoms with Gasteiger partial charge in [-0.2, -0.15) is 0 Å². The van der Waals surface area contributed by atoms with Gasteiger partial charge in [0.2, 0.25) is 0 Å². The predicted molar refractivity (Wildman–Crippen MR) is 92.4 cm³/mol. The van der Waals surface area contributed by atoms with Crippen molar-refractivity contribution in [2.24, 2.45) is 0 Å². The number of aryl methyl sites for hydroxylation is 1. The number of nitrogens with one attached hydrogen (secondary N) is 2. The average molecular weight is 343 g/mol. The molecular weight excluding hydrogens is 326 g/mol. The molecule has 0 radical (unpaired) electrons. The lowest BCUT2D eigenvalue weighted by Crippen LogP contribution is -2.24. The maximum atomic E-state index is 12.4. The monoisotopic (exact) mass is 343 g/mol. The minimum atomic E-state index is -0.452. The molecule has 0 saturated heterocycles. The zero-order chi connectivity index (χ0) is 17.3. The van der Waals surface area contributed by atoms with E-state index in [1.165, 1.54) is 7.11 Å². The third-order valence-corrected chi connectivity index (χ3v) is 4.83. The number of methoxy groups -OCH3 is 1. The number of nitrogens with zero attached hydrogens (tertiary/aromatic N) is 1. The summed E-state index contributed by atoms with van der Waals surface area (Å²) in [5.41, 5.74) is 2.90. The molecule has 2 aromatic heterocycles. The minimum Gasteiger partial charge on any atom is -0.465 e. The van der Waals surface area contributed by atoms with Crippen LogP contribution in [0.4, 0.5) is 0 Å². The number of benzene rings is 1. The Labute approximate surface area is 142 Å². The predicted octanol–water partition coefficient (Wildman–Crippen LogP) is 2.96. The summed E-state index contributed by atoms with van der Waals surface area (Å²) in [5.74, 6) is -0.725. The molecule has 0 saturated carbocycles. The number of carbonyl (C=O) groups excluding carboxylic acids is 2. The summed E-state index contributed by atoms with van der Waals surface area (Å²) >= 11 is 1.55. The van der Waals surface area contributed by atoms with Crippen molar-refractivity contribution in [1.29, 1.82) is 0 Å². The van der Waals surface area contributed by atoms with Crippen molar-refractivity contribution in [1.82, 2.24) is 15.3 Å². The molecule has 3 aromatic rings. The number of hydrogen-bond acceptors (Lipinski definition) is 5. The van der Waals surface area contributed by atoms with E-state index in [-0.39, 0.29) is 5.91 Å². The van der Waals surface area contributed by atoms with Crippen molar-refractivity contribution in [3.63, 3.8) is 0 Å². The number of amides is 1. The Morgan fingerprint density at radius 3 is 2.75 bits per heavy atom. The average Bonchev–Trinajstić information content (AvgIpc) is 3.12. The number of ether oxygens (including phenoxy) is 1. The van der Waals surface area contributed by atoms with Crippen molar-refractivity contribution in [2.45, 2.75) is 20.4 Å². The van der Waals surface area contributed by atoms with Crippen LogP contribution in [-0.2, 0) is 11.3 Å². The number of aromatic amines is 1. The lowest BCUT2D eigenvalue weighted by atomic mass is 10.1. The number of H-pyrrole nitrogens is 1. The second-order valence-corrected chi connectivity index (χ2v) is 6.49. The molecule has 0 unspecified atom stereocenters. The number of para-hydroxylation sites is 1. The maximum Gasteiger partial charge on any atom is 0.339 e. The highest BCUT2D eigenvalue weighted by molar-refractivity contribution is 7.18. The van der Waals surface area contributed by atoms with Crippen LogP contribution in [0.3, 0.4) is 0 Å². The summed E-state index contributed by atoms with van der Waals surface area (Å²) in [6.45, 7) is 3.80. The summed E-state index contributed by atoms with van der Waals surface area (Å²) in [6, 6.07) is 7.84. The quantitative estimate of drug-likeness (QED) is 0.713. The van der Waals surface area contributed by atoms with Gasteiger partial charge >= 0.3 is 5.97 Å². The Kier molecular flexibility index (Phi) is 4.35. The van der Waals surface area contributed by atoms with Crippen LogP contribution in [0.2, 0.25) is 0 Å². The minimum absolute atomic E-state index is 0.273. The normalized spacial score (nSPS) is 10.8. The van der Waals surface area contributed by atoms with E-state index in [1.54, 1.807) is 25.2 Å². The number of thiazole rings is 1. The molecule has 1 aromatic carbocycles. The van der Waals surface area contributed by atoms with Crippen LogP contribution in [0.15, 0.2) is 24.3 Å². The highest BCUT2D eigenvalue weighted by Gasteiger charge is 2.22. The SMILES string of the molecule is COC(=O)c1c(C)[nH]c(C(=O)NCc2nc3ccccc3s2)c1C. The largest absolute Gasteiger partial charge is 0.465 e. The van der Waals surface area contributed by atoms with Gasteiger partial charge in [-0.15, -0.1) is 11.3 Å². The molecule has 3 rings (SSSR count). The van der Waals surface area contributed by atoms with Gasteiger partial charge in [-0.1, -0.05) is 12.1 Å². The molecule has 2 heterocycles. The van der Waals surface area contributed by atoms with Gasteiger partial charge in [0.1, 0.15) is 10.7 Å². The molecule has 0 spiro atoms. The van der Waals surface area contributed by atoms with Crippen molar-refractivity contribution in [3.05, 3.63) is 51.8 Å². The topological polar surface area (TPSA) is 84.1 Å². The Bertz CT molecular complexity index is 893. The second kappa shape index (κ2) is 6.45. The zero-order valence-corrected chi connectivity index (χ0v) is 14.4. The number of carbonyl (C=O) groups is 2. The summed E-state index contributed by atoms with van der Waals surface area (Å²) in [6.07, 6.45) is 0. The van der Waals surface area contributed by atoms with Gasteiger partial charge in [-0.05, 0) is 31.5 Å². The van der Waals surface area contributed by atoms with E-state index >= 15 is 0 Å². The molecule has 2 N–H and O–H groups in total. The van der Waals surface area contributed by atoms with E-state index in [1.807, 2.05) is 24.3 Å². The lowest BCUT2D eigenvalue weighted by Gasteiger charge is -2.03. The third kappa shape index (κ3) is 2.90. The number of hydrogen-bond donors (Lipinski definition) is 2. The fourth-order valence-corrected chi connectivity index (χ4v) is 3.53. The molecule has 6 nitrogen and oxygen atoms in total. The van der Waals surface area contributed by atoms with Crippen molar-refractivity contribution >= 4 is 33.4 Å². The first-order valence-corrected chi connectivity index (χ1v) is 8.23. The van der Waals surface area contributed by atoms with Crippen LogP contribution in [0.5, 0.6) is 0 Å². The van der Waals surface area contributed by atoms with Crippen LogP contribution in [0.25, 0.3) is 10.2 Å². The molecule has 1 amide bonds. The molecule has 0 aliphatic heterocycles. The second-order valence-electron chi connectivity index (χ2n) is 5.37. The van der Waals surface area contributed by atoms with Crippen molar-refractivity contribution < 1.29 is 14.3 Å². The first kappa shape index (κ1) is 16.2. The zero-order valence-electron chi connectivity index (χ0n) is 13.6. The van der Waals surface area contributed by atoms with E-state index in [4.69, 9.17) is 4.74 Å². The van der Waals surface area contributed by atoms with E-state index in [9.17, 15) is 9.59 Å². The van der Waals surface area contributed by atoms with E-state index in [0.29, 0.717) is 29.1 Å². The van der Waals surface area contributed by atoms with Gasteiger partial charge in [-0.3, -0.25) is 4.79 Å². The van der Waals surface area contributed by atoms with Gasteiger partial charge in [0.25, 0.3) is 5.91 Å². The summed E-state index contributed by atoms with van der Waals surface area (Å²) < 4.78 is 5.84. The molecule has 0 bridgehead atoms. The Balaban J connectivity index is 1.76. The molecule has 0 aliphatic rings. The number of fused-ring (bicyclic) bond motifs is 1. The Morgan fingerprint density at radius 1 is 1.29 bits per heavy atom. The van der Waals surface area contributed by atoms with Gasteiger partial charge in [0.05, 0.1) is 29.4 Å². The van der Waals surface area contributed by atoms with Crippen LogP contribution in [0.1, 0.15) is 37.1 Å². The van der Waals surface area contributed by atoms with Crippen LogP contribution in [0, 0.1) is 13.8 Å². The molecule has 7 heteroatoms. The van der Waals surface area contributed by atoms with Crippen LogP contribution < -0.4 is 5.32 Å². The molecule has 0 atom stereocenters. The van der Waals surface area contributed by atoms with Gasteiger partial charge in [0, 0.05) is 5.69 Å². The number of aromatic nitrogens is 2. The van der Waals surface area contributed by atoms with E-state index < -0.39 is 5.97 Å². The Hall–Kier alpha value is -2.67. The molecule has 124 valence electrons. The first-order valence-electron chi connectivity index (χ1n) is 7.41. The Morgan fingerprint density at radius 2 is 2.04 bits per heavy atom. The molecule has 0 fully saturated rings. The maximum absolute atomic E-state index is 12.4. The highest BCUT2D eigenvalue weighted by atomic mass is 32.1. The fourth-order valence-electron chi connectivity index (χ4n) is 2.63. The van der Waals surface area contributed by atoms with E-state index in [0.717, 1.165) is 15.2 Å². The molecule has 0 aliphatic carbocycles. The first-order chi connectivity index (χ1) is 11.5. The van der Waals surface area contributed by atoms with Crippen molar-refractivity contribution in [3.8, 4) is 0 Å². The van der Waals surface area contributed by atoms with Gasteiger partial charge in [0.15, 0.2) is 0 Å². The summed E-state index contributed by atoms with van der Waals surface area (Å²) in [4.78, 5) is 31.6. The van der Waals surface area contributed by atoms with Gasteiger partial charge in [-0.25, -0.2) is 9.78 Å². The van der Waals surface area contributed by atoms with Crippen LogP contribution in [-0.4, -0.2) is 29.0 Å². The summed E-state index contributed by atoms with van der Waals surface area (Å²) in [7, 11) is 1.32.